The van der Waals surface area contributed by atoms with Gasteiger partial charge in [-0.15, -0.1) is 22.0 Å². The Morgan fingerprint density at radius 3 is 2.71 bits per heavy atom. The van der Waals surface area contributed by atoms with Crippen LogP contribution in [0.25, 0.3) is 11.5 Å². The lowest BCUT2D eigenvalue weighted by Crippen LogP contribution is -2.21. The summed E-state index contributed by atoms with van der Waals surface area (Å²) in [6.45, 7) is 2.43. The van der Waals surface area contributed by atoms with E-state index < -0.39 is 0 Å². The lowest BCUT2D eigenvalue weighted by molar-refractivity contribution is 0.344. The van der Waals surface area contributed by atoms with E-state index in [1.165, 1.54) is 0 Å². The lowest BCUT2D eigenvalue weighted by Gasteiger charge is -2.10. The summed E-state index contributed by atoms with van der Waals surface area (Å²) in [7, 11) is 4.08. The van der Waals surface area contributed by atoms with Gasteiger partial charge in [0.15, 0.2) is 0 Å². The van der Waals surface area contributed by atoms with Gasteiger partial charge in [-0.05, 0) is 38.4 Å². The summed E-state index contributed by atoms with van der Waals surface area (Å²) in [5.74, 6) is 4.32. The topological polar surface area (TPSA) is 76.3 Å². The Labute approximate surface area is 169 Å². The zero-order valence-electron chi connectivity index (χ0n) is 16.2. The van der Waals surface area contributed by atoms with E-state index >= 15 is 0 Å². The lowest BCUT2D eigenvalue weighted by atomic mass is 10.3. The van der Waals surface area contributed by atoms with Gasteiger partial charge in [0, 0.05) is 25.0 Å². The number of rotatable bonds is 11. The molecule has 7 nitrogen and oxygen atoms in total. The van der Waals surface area contributed by atoms with Crippen LogP contribution in [-0.4, -0.2) is 59.6 Å². The summed E-state index contributed by atoms with van der Waals surface area (Å²) in [5.41, 5.74) is 0.814. The number of nitrogens with zero attached hydrogens (tertiary/aromatic N) is 4. The number of thioether (sulfide) groups is 1. The molecule has 0 spiro atoms. The van der Waals surface area contributed by atoms with Crippen LogP contribution in [0.15, 0.2) is 53.1 Å². The van der Waals surface area contributed by atoms with Gasteiger partial charge in [-0.2, -0.15) is 0 Å². The van der Waals surface area contributed by atoms with Crippen LogP contribution in [0.1, 0.15) is 5.89 Å². The zero-order valence-corrected chi connectivity index (χ0v) is 17.0. The Kier molecular flexibility index (Phi) is 7.69. The molecule has 0 saturated heterocycles. The number of nitrogens with one attached hydrogen (secondary N) is 1. The van der Waals surface area contributed by atoms with Crippen molar-refractivity contribution in [3.63, 3.8) is 0 Å². The molecule has 0 unspecified atom stereocenters. The molecule has 1 aromatic carbocycles. The van der Waals surface area contributed by atoms with Crippen LogP contribution < -0.4 is 10.1 Å². The van der Waals surface area contributed by atoms with Gasteiger partial charge in [0.05, 0.1) is 17.9 Å². The average Bonchev–Trinajstić information content (AvgIpc) is 3.18. The Morgan fingerprint density at radius 2 is 1.96 bits per heavy atom. The van der Waals surface area contributed by atoms with Crippen LogP contribution in [-0.2, 0) is 5.75 Å². The Morgan fingerprint density at radius 1 is 1.11 bits per heavy atom. The molecule has 0 fully saturated rings. The summed E-state index contributed by atoms with van der Waals surface area (Å²) in [6.07, 6.45) is 1.75. The third kappa shape index (κ3) is 6.54. The van der Waals surface area contributed by atoms with Gasteiger partial charge in [0.2, 0.25) is 11.8 Å². The average molecular weight is 400 g/mol. The first-order chi connectivity index (χ1) is 13.7. The molecule has 3 rings (SSSR count). The molecule has 8 heteroatoms. The Balaban J connectivity index is 1.41. The van der Waals surface area contributed by atoms with Gasteiger partial charge in [0.1, 0.15) is 11.6 Å². The zero-order chi connectivity index (χ0) is 19.6. The number of anilines is 1. The minimum absolute atomic E-state index is 0.489. The van der Waals surface area contributed by atoms with Gasteiger partial charge in [-0.3, -0.25) is 0 Å². The third-order valence-corrected chi connectivity index (χ3v) is 4.71. The summed E-state index contributed by atoms with van der Waals surface area (Å²) in [5, 5.41) is 11.5. The smallest absolute Gasteiger partial charge is 0.249 e. The molecular formula is C20H25N5O2S. The van der Waals surface area contributed by atoms with Crippen LogP contribution in [0.5, 0.6) is 5.75 Å². The van der Waals surface area contributed by atoms with Gasteiger partial charge in [-0.25, -0.2) is 4.98 Å². The predicted octanol–water partition coefficient (Wildman–Crippen LogP) is 3.42. The van der Waals surface area contributed by atoms with E-state index in [1.54, 1.807) is 18.0 Å². The maximum absolute atomic E-state index is 5.74. The number of hydrogen-bond donors (Lipinski definition) is 1. The van der Waals surface area contributed by atoms with Gasteiger partial charge >= 0.3 is 0 Å². The van der Waals surface area contributed by atoms with Crippen LogP contribution in [0, 0.1) is 0 Å². The number of ether oxygens (including phenoxy) is 1. The molecule has 2 heterocycles. The molecule has 2 aromatic heterocycles. The predicted molar refractivity (Wildman–Crippen MR) is 113 cm³/mol. The van der Waals surface area contributed by atoms with Crippen molar-refractivity contribution in [3.05, 3.63) is 54.6 Å². The first-order valence-electron chi connectivity index (χ1n) is 9.14. The summed E-state index contributed by atoms with van der Waals surface area (Å²) < 4.78 is 11.4. The van der Waals surface area contributed by atoms with Crippen molar-refractivity contribution in [1.82, 2.24) is 20.1 Å². The van der Waals surface area contributed by atoms with E-state index in [1.807, 2.05) is 56.6 Å². The van der Waals surface area contributed by atoms with E-state index in [4.69, 9.17) is 9.15 Å². The van der Waals surface area contributed by atoms with Gasteiger partial charge in [-0.1, -0.05) is 18.2 Å². The first kappa shape index (κ1) is 20.2. The highest BCUT2D eigenvalue weighted by molar-refractivity contribution is 7.98. The molecule has 0 radical (unpaired) electrons. The van der Waals surface area contributed by atoms with Gasteiger partial charge in [0.25, 0.3) is 0 Å². The number of hydrogen-bond acceptors (Lipinski definition) is 8. The highest BCUT2D eigenvalue weighted by Gasteiger charge is 2.09. The van der Waals surface area contributed by atoms with E-state index in [0.717, 1.165) is 36.0 Å². The van der Waals surface area contributed by atoms with Crippen molar-refractivity contribution in [2.45, 2.75) is 5.75 Å². The summed E-state index contributed by atoms with van der Waals surface area (Å²) in [4.78, 5) is 6.52. The molecule has 28 heavy (non-hydrogen) atoms. The monoisotopic (exact) mass is 399 g/mol. The maximum atomic E-state index is 5.74. The van der Waals surface area contributed by atoms with E-state index in [0.29, 0.717) is 24.1 Å². The fraction of sp³-hybridized carbons (Fsp3) is 0.350. The quantitative estimate of drug-likeness (QED) is 0.492. The third-order valence-electron chi connectivity index (χ3n) is 3.81. The highest BCUT2D eigenvalue weighted by atomic mass is 32.2. The molecule has 0 bridgehead atoms. The largest absolute Gasteiger partial charge is 0.493 e. The van der Waals surface area contributed by atoms with Crippen molar-refractivity contribution < 1.29 is 9.15 Å². The van der Waals surface area contributed by atoms with Crippen molar-refractivity contribution in [1.29, 1.82) is 0 Å². The van der Waals surface area contributed by atoms with E-state index in [2.05, 4.69) is 25.4 Å². The molecule has 0 saturated carbocycles. The fourth-order valence-electron chi connectivity index (χ4n) is 2.36. The molecular weight excluding hydrogens is 374 g/mol. The number of pyridine rings is 1. The molecule has 0 amide bonds. The summed E-state index contributed by atoms with van der Waals surface area (Å²) >= 11 is 1.70. The van der Waals surface area contributed by atoms with E-state index in [-0.39, 0.29) is 0 Å². The van der Waals surface area contributed by atoms with Crippen LogP contribution in [0.4, 0.5) is 5.82 Å². The second-order valence-corrected chi connectivity index (χ2v) is 7.48. The Hall–Kier alpha value is -2.58. The molecule has 1 N–H and O–H groups in total. The normalized spacial score (nSPS) is 11.0. The highest BCUT2D eigenvalue weighted by Crippen LogP contribution is 2.20. The SMILES string of the molecule is CN(C)CCNc1ccc(-c2nnc(CSCCOc3ccccc3)o2)cn1. The molecule has 0 aliphatic carbocycles. The number of likely N-dealkylation sites (N-methyl/N-ethyl adjacent to an activating group) is 1. The van der Waals surface area contributed by atoms with Crippen molar-refractivity contribution in [3.8, 4) is 17.2 Å². The van der Waals surface area contributed by atoms with Crippen molar-refractivity contribution in [2.24, 2.45) is 0 Å². The molecule has 0 atom stereocenters. The first-order valence-corrected chi connectivity index (χ1v) is 10.3. The molecule has 148 valence electrons. The second-order valence-electron chi connectivity index (χ2n) is 6.38. The number of benzene rings is 1. The Bertz CT molecular complexity index is 824. The second kappa shape index (κ2) is 10.7. The fourth-order valence-corrected chi connectivity index (χ4v) is 2.99. The summed E-state index contributed by atoms with van der Waals surface area (Å²) in [6, 6.07) is 13.7. The van der Waals surface area contributed by atoms with Crippen LogP contribution >= 0.6 is 11.8 Å². The minimum Gasteiger partial charge on any atom is -0.493 e. The van der Waals surface area contributed by atoms with Gasteiger partial charge < -0.3 is 19.4 Å². The standard InChI is InChI=1S/C20H25N5O2S/c1-25(2)11-10-21-18-9-8-16(14-22-18)20-24-23-19(27-20)15-28-13-12-26-17-6-4-3-5-7-17/h3-9,14H,10-13,15H2,1-2H3,(H,21,22). The number of para-hydroxylation sites is 1. The molecule has 0 aliphatic rings. The van der Waals surface area contributed by atoms with Crippen molar-refractivity contribution in [2.75, 3.05) is 44.9 Å². The molecule has 0 aliphatic heterocycles. The van der Waals surface area contributed by atoms with Crippen LogP contribution in [0.3, 0.4) is 0 Å². The minimum atomic E-state index is 0.489. The number of aromatic nitrogens is 3. The molecule has 3 aromatic rings. The maximum Gasteiger partial charge on any atom is 0.249 e. The van der Waals surface area contributed by atoms with E-state index in [9.17, 15) is 0 Å². The van der Waals surface area contributed by atoms with Crippen LogP contribution in [0.2, 0.25) is 0 Å². The van der Waals surface area contributed by atoms with Crippen molar-refractivity contribution >= 4 is 17.6 Å².